The molecule has 0 fully saturated rings. The van der Waals surface area contributed by atoms with Crippen LogP contribution in [-0.2, 0) is 25.7 Å². The number of esters is 2. The molecule has 0 saturated carbocycles. The lowest BCUT2D eigenvalue weighted by Gasteiger charge is -2.06. The first kappa shape index (κ1) is 19.9. The molecule has 0 bridgehead atoms. The summed E-state index contributed by atoms with van der Waals surface area (Å²) in [5, 5.41) is 0. The maximum absolute atomic E-state index is 11.6. The molecule has 1 rings (SSSR count). The van der Waals surface area contributed by atoms with Gasteiger partial charge in [0.15, 0.2) is 0 Å². The van der Waals surface area contributed by atoms with Crippen LogP contribution in [0.3, 0.4) is 0 Å². The van der Waals surface area contributed by atoms with Crippen LogP contribution in [0.5, 0.6) is 0 Å². The molecule has 0 amide bonds. The van der Waals surface area contributed by atoms with Crippen LogP contribution >= 0.6 is 22.6 Å². The summed E-state index contributed by atoms with van der Waals surface area (Å²) in [6.45, 7) is 2.90. The van der Waals surface area contributed by atoms with E-state index in [4.69, 9.17) is 9.47 Å². The molecule has 0 heterocycles. The largest absolute Gasteiger partial charge is 0.466 e. The third kappa shape index (κ3) is 10.3. The SMILES string of the molecule is CCCCCCOC(=O)CCCC(=O)OCc1cccc(I)c1. The summed E-state index contributed by atoms with van der Waals surface area (Å²) in [6.07, 6.45) is 5.33. The average Bonchev–Trinajstić information content (AvgIpc) is 2.53. The van der Waals surface area contributed by atoms with Gasteiger partial charge in [-0.2, -0.15) is 0 Å². The summed E-state index contributed by atoms with van der Waals surface area (Å²) in [5.74, 6) is -0.508. The summed E-state index contributed by atoms with van der Waals surface area (Å²) in [5.41, 5.74) is 0.969. The molecule has 0 saturated heterocycles. The van der Waals surface area contributed by atoms with Gasteiger partial charge in [-0.3, -0.25) is 9.59 Å². The predicted molar refractivity (Wildman–Crippen MR) is 97.9 cm³/mol. The highest BCUT2D eigenvalue weighted by Gasteiger charge is 2.07. The van der Waals surface area contributed by atoms with E-state index >= 15 is 0 Å². The van der Waals surface area contributed by atoms with Gasteiger partial charge in [-0.05, 0) is 53.1 Å². The minimum Gasteiger partial charge on any atom is -0.466 e. The zero-order chi connectivity index (χ0) is 16.9. The van der Waals surface area contributed by atoms with Gasteiger partial charge in [0.25, 0.3) is 0 Å². The number of hydrogen-bond acceptors (Lipinski definition) is 4. The molecule has 0 N–H and O–H groups in total. The van der Waals surface area contributed by atoms with Gasteiger partial charge in [-0.15, -0.1) is 0 Å². The highest BCUT2D eigenvalue weighted by Crippen LogP contribution is 2.10. The molecule has 0 aliphatic carbocycles. The van der Waals surface area contributed by atoms with Crippen molar-refractivity contribution in [2.45, 2.75) is 58.5 Å². The third-order valence-corrected chi connectivity index (χ3v) is 3.98. The highest BCUT2D eigenvalue weighted by atomic mass is 127. The summed E-state index contributed by atoms with van der Waals surface area (Å²) < 4.78 is 11.4. The van der Waals surface area contributed by atoms with Crippen LogP contribution in [0.4, 0.5) is 0 Å². The fourth-order valence-electron chi connectivity index (χ4n) is 2.03. The summed E-state index contributed by atoms with van der Waals surface area (Å²) in [6, 6.07) is 7.82. The Kier molecular flexibility index (Phi) is 10.7. The van der Waals surface area contributed by atoms with Crippen LogP contribution in [0, 0.1) is 3.57 Å². The Morgan fingerprint density at radius 3 is 2.43 bits per heavy atom. The van der Waals surface area contributed by atoms with Gasteiger partial charge in [-0.25, -0.2) is 0 Å². The molecule has 5 heteroatoms. The first-order valence-corrected chi connectivity index (χ1v) is 9.25. The number of ether oxygens (including phenoxy) is 2. The van der Waals surface area contributed by atoms with Gasteiger partial charge >= 0.3 is 11.9 Å². The van der Waals surface area contributed by atoms with E-state index in [-0.39, 0.29) is 31.4 Å². The highest BCUT2D eigenvalue weighted by molar-refractivity contribution is 14.1. The van der Waals surface area contributed by atoms with E-state index in [1.807, 2.05) is 24.3 Å². The van der Waals surface area contributed by atoms with Crippen molar-refractivity contribution in [3.63, 3.8) is 0 Å². The van der Waals surface area contributed by atoms with Crippen LogP contribution in [0.15, 0.2) is 24.3 Å². The lowest BCUT2D eigenvalue weighted by molar-refractivity contribution is -0.146. The van der Waals surface area contributed by atoms with E-state index in [2.05, 4.69) is 29.5 Å². The van der Waals surface area contributed by atoms with Crippen LogP contribution in [0.1, 0.15) is 57.4 Å². The van der Waals surface area contributed by atoms with Gasteiger partial charge in [0.2, 0.25) is 0 Å². The number of rotatable bonds is 11. The zero-order valence-electron chi connectivity index (χ0n) is 13.7. The van der Waals surface area contributed by atoms with Gasteiger partial charge in [0.05, 0.1) is 6.61 Å². The first-order valence-electron chi connectivity index (χ1n) is 8.17. The topological polar surface area (TPSA) is 52.6 Å². The fraction of sp³-hybridized carbons (Fsp3) is 0.556. The Labute approximate surface area is 152 Å². The Hall–Kier alpha value is -1.11. The summed E-state index contributed by atoms with van der Waals surface area (Å²) in [4.78, 5) is 23.1. The second kappa shape index (κ2) is 12.3. The van der Waals surface area contributed by atoms with Crippen molar-refractivity contribution >= 4 is 34.5 Å². The second-order valence-electron chi connectivity index (χ2n) is 5.43. The minimum atomic E-state index is -0.278. The van der Waals surface area contributed by atoms with Gasteiger partial charge in [-0.1, -0.05) is 38.3 Å². The van der Waals surface area contributed by atoms with E-state index in [0.717, 1.165) is 28.4 Å². The molecule has 0 atom stereocenters. The van der Waals surface area contributed by atoms with Crippen molar-refractivity contribution in [1.29, 1.82) is 0 Å². The molecule has 0 spiro atoms. The van der Waals surface area contributed by atoms with Crippen molar-refractivity contribution in [3.8, 4) is 0 Å². The molecule has 0 aliphatic heterocycles. The second-order valence-corrected chi connectivity index (χ2v) is 6.67. The van der Waals surface area contributed by atoms with Crippen LogP contribution in [0.2, 0.25) is 0 Å². The van der Waals surface area contributed by atoms with Crippen LogP contribution < -0.4 is 0 Å². The molecule has 0 unspecified atom stereocenters. The van der Waals surface area contributed by atoms with Crippen molar-refractivity contribution in [1.82, 2.24) is 0 Å². The van der Waals surface area contributed by atoms with E-state index in [1.165, 1.54) is 6.42 Å². The van der Waals surface area contributed by atoms with Crippen LogP contribution in [-0.4, -0.2) is 18.5 Å². The van der Waals surface area contributed by atoms with Crippen molar-refractivity contribution < 1.29 is 19.1 Å². The first-order chi connectivity index (χ1) is 11.1. The Morgan fingerprint density at radius 2 is 1.74 bits per heavy atom. The molecular formula is C18H25IO4. The maximum atomic E-state index is 11.6. The van der Waals surface area contributed by atoms with Gasteiger partial charge < -0.3 is 9.47 Å². The number of unbranched alkanes of at least 4 members (excludes halogenated alkanes) is 3. The summed E-state index contributed by atoms with van der Waals surface area (Å²) in [7, 11) is 0. The lowest BCUT2D eigenvalue weighted by atomic mass is 10.2. The molecule has 4 nitrogen and oxygen atoms in total. The van der Waals surface area contributed by atoms with E-state index in [1.54, 1.807) is 0 Å². The van der Waals surface area contributed by atoms with Crippen molar-refractivity contribution in [3.05, 3.63) is 33.4 Å². The molecule has 1 aromatic carbocycles. The van der Waals surface area contributed by atoms with E-state index in [0.29, 0.717) is 13.0 Å². The quantitative estimate of drug-likeness (QED) is 0.291. The molecular weight excluding hydrogens is 407 g/mol. The minimum absolute atomic E-state index is 0.230. The smallest absolute Gasteiger partial charge is 0.306 e. The van der Waals surface area contributed by atoms with Crippen molar-refractivity contribution in [2.24, 2.45) is 0 Å². The number of halogens is 1. The zero-order valence-corrected chi connectivity index (χ0v) is 15.8. The number of benzene rings is 1. The number of carbonyl (C=O) groups is 2. The Bertz CT molecular complexity index is 488. The molecule has 0 radical (unpaired) electrons. The molecule has 23 heavy (non-hydrogen) atoms. The molecule has 0 aliphatic rings. The predicted octanol–water partition coefficient (Wildman–Crippen LogP) is 4.63. The maximum Gasteiger partial charge on any atom is 0.306 e. The normalized spacial score (nSPS) is 10.3. The average molecular weight is 432 g/mol. The Balaban J connectivity index is 2.06. The molecule has 1 aromatic rings. The van der Waals surface area contributed by atoms with Crippen LogP contribution in [0.25, 0.3) is 0 Å². The Morgan fingerprint density at radius 1 is 1.00 bits per heavy atom. The monoisotopic (exact) mass is 432 g/mol. The fourth-order valence-corrected chi connectivity index (χ4v) is 2.63. The van der Waals surface area contributed by atoms with Crippen molar-refractivity contribution in [2.75, 3.05) is 6.61 Å². The number of carbonyl (C=O) groups excluding carboxylic acids is 2. The van der Waals surface area contributed by atoms with Gasteiger partial charge in [0.1, 0.15) is 6.61 Å². The standard InChI is InChI=1S/C18H25IO4/c1-2-3-4-5-12-22-17(20)10-7-11-18(21)23-14-15-8-6-9-16(19)13-15/h6,8-9,13H,2-5,7,10-12,14H2,1H3. The third-order valence-electron chi connectivity index (χ3n) is 3.31. The van der Waals surface area contributed by atoms with Gasteiger partial charge in [0, 0.05) is 16.4 Å². The van der Waals surface area contributed by atoms with E-state index < -0.39 is 0 Å². The summed E-state index contributed by atoms with van der Waals surface area (Å²) >= 11 is 2.22. The molecule has 0 aromatic heterocycles. The molecule has 128 valence electrons. The van der Waals surface area contributed by atoms with E-state index in [9.17, 15) is 9.59 Å². The number of hydrogen-bond donors (Lipinski definition) is 0. The lowest BCUT2D eigenvalue weighted by Crippen LogP contribution is -2.09.